The van der Waals surface area contributed by atoms with Crippen molar-refractivity contribution in [1.82, 2.24) is 25.2 Å². The average molecular weight is 388 g/mol. The lowest BCUT2D eigenvalue weighted by atomic mass is 9.78. The Hall–Kier alpha value is -0.790. The van der Waals surface area contributed by atoms with Gasteiger partial charge in [0.2, 0.25) is 0 Å². The second-order valence-electron chi connectivity index (χ2n) is 6.43. The van der Waals surface area contributed by atoms with Crippen LogP contribution in [0, 0.1) is 5.41 Å². The first-order valence-corrected chi connectivity index (χ1v) is 8.86. The van der Waals surface area contributed by atoms with Gasteiger partial charge in [-0.3, -0.25) is 4.90 Å². The highest BCUT2D eigenvalue weighted by Crippen LogP contribution is 2.39. The summed E-state index contributed by atoms with van der Waals surface area (Å²) in [5.41, 5.74) is 1.71. The maximum atomic E-state index is 4.72. The monoisotopic (exact) mass is 387 g/mol. The molecule has 8 heteroatoms. The second-order valence-corrected chi connectivity index (χ2v) is 7.29. The molecule has 0 radical (unpaired) electrons. The van der Waals surface area contributed by atoms with Crippen molar-refractivity contribution < 1.29 is 0 Å². The van der Waals surface area contributed by atoms with Gasteiger partial charge in [0.15, 0.2) is 10.8 Å². The maximum absolute atomic E-state index is 4.72. The Kier molecular flexibility index (Phi) is 6.95. The molecule has 0 aromatic carbocycles. The first kappa shape index (κ1) is 19.5. The summed E-state index contributed by atoms with van der Waals surface area (Å²) in [6, 6.07) is 1.83. The number of nitrogens with zero attached hydrogens (tertiary/aromatic N) is 4. The highest BCUT2D eigenvalue weighted by Gasteiger charge is 2.38. The molecule has 2 aromatic rings. The van der Waals surface area contributed by atoms with Crippen molar-refractivity contribution in [3.05, 3.63) is 29.5 Å². The van der Waals surface area contributed by atoms with E-state index in [4.69, 9.17) is 4.98 Å². The molecule has 0 unspecified atom stereocenters. The highest BCUT2D eigenvalue weighted by atomic mass is 35.5. The third kappa shape index (κ3) is 4.24. The summed E-state index contributed by atoms with van der Waals surface area (Å²) in [4.78, 5) is 15.8. The fourth-order valence-electron chi connectivity index (χ4n) is 3.65. The molecule has 2 aromatic heterocycles. The molecule has 4 heterocycles. The lowest BCUT2D eigenvalue weighted by Gasteiger charge is -2.33. The van der Waals surface area contributed by atoms with Crippen LogP contribution in [-0.4, -0.2) is 46.0 Å². The van der Waals surface area contributed by atoms with Gasteiger partial charge in [0, 0.05) is 30.9 Å². The number of aromatic nitrogens is 3. The van der Waals surface area contributed by atoms with Crippen molar-refractivity contribution in [3.63, 3.8) is 0 Å². The van der Waals surface area contributed by atoms with Crippen molar-refractivity contribution in [1.29, 1.82) is 0 Å². The molecular weight excluding hydrogens is 365 g/mol. The van der Waals surface area contributed by atoms with Crippen molar-refractivity contribution in [2.24, 2.45) is 5.41 Å². The molecule has 2 aliphatic rings. The van der Waals surface area contributed by atoms with Crippen LogP contribution in [0.2, 0.25) is 0 Å². The van der Waals surface area contributed by atoms with Gasteiger partial charge in [-0.15, -0.1) is 36.2 Å². The number of nitrogens with one attached hydrogen (secondary N) is 1. The lowest BCUT2D eigenvalue weighted by Crippen LogP contribution is -2.38. The van der Waals surface area contributed by atoms with Gasteiger partial charge in [0.05, 0.1) is 5.69 Å². The topological polar surface area (TPSA) is 53.9 Å². The molecule has 0 bridgehead atoms. The predicted molar refractivity (Wildman–Crippen MR) is 102 cm³/mol. The van der Waals surface area contributed by atoms with E-state index in [0.717, 1.165) is 23.1 Å². The SMILES string of the molecule is Cl.Cl.c1cnc(-c2nc(CN3CCC4(CCNCC4)C3)cs2)nc1. The summed E-state index contributed by atoms with van der Waals surface area (Å²) < 4.78 is 0. The molecule has 0 aliphatic carbocycles. The summed E-state index contributed by atoms with van der Waals surface area (Å²) in [5, 5.41) is 6.55. The number of halogens is 2. The molecule has 0 atom stereocenters. The van der Waals surface area contributed by atoms with Crippen molar-refractivity contribution in [2.45, 2.75) is 25.8 Å². The molecule has 1 spiro atoms. The molecule has 132 valence electrons. The van der Waals surface area contributed by atoms with Gasteiger partial charge in [-0.25, -0.2) is 15.0 Å². The van der Waals surface area contributed by atoms with E-state index in [1.807, 2.05) is 6.07 Å². The summed E-state index contributed by atoms with van der Waals surface area (Å²) in [7, 11) is 0. The Morgan fingerprint density at radius 1 is 1.12 bits per heavy atom. The minimum Gasteiger partial charge on any atom is -0.317 e. The molecule has 5 nitrogen and oxygen atoms in total. The predicted octanol–water partition coefficient (Wildman–Crippen LogP) is 3.02. The van der Waals surface area contributed by atoms with E-state index in [1.54, 1.807) is 23.7 Å². The van der Waals surface area contributed by atoms with Gasteiger partial charge < -0.3 is 5.32 Å². The number of likely N-dealkylation sites (tertiary alicyclic amines) is 1. The summed E-state index contributed by atoms with van der Waals surface area (Å²) in [6.07, 6.45) is 7.52. The molecule has 0 amide bonds. The quantitative estimate of drug-likeness (QED) is 0.876. The van der Waals surface area contributed by atoms with Crippen molar-refractivity contribution in [2.75, 3.05) is 26.2 Å². The minimum atomic E-state index is 0. The molecule has 1 N–H and O–H groups in total. The zero-order chi connectivity index (χ0) is 14.8. The van der Waals surface area contributed by atoms with Crippen LogP contribution in [0.15, 0.2) is 23.8 Å². The Morgan fingerprint density at radius 2 is 1.88 bits per heavy atom. The number of rotatable bonds is 3. The van der Waals surface area contributed by atoms with Gasteiger partial charge in [-0.1, -0.05) is 0 Å². The first-order chi connectivity index (χ1) is 10.8. The van der Waals surface area contributed by atoms with E-state index in [-0.39, 0.29) is 24.8 Å². The Bertz CT molecular complexity index is 630. The zero-order valence-electron chi connectivity index (χ0n) is 13.5. The number of hydrogen-bond donors (Lipinski definition) is 1. The highest BCUT2D eigenvalue weighted by molar-refractivity contribution is 7.13. The van der Waals surface area contributed by atoms with Crippen molar-refractivity contribution >= 4 is 36.2 Å². The van der Waals surface area contributed by atoms with Gasteiger partial charge in [-0.05, 0) is 50.4 Å². The number of thiazole rings is 1. The van der Waals surface area contributed by atoms with Crippen LogP contribution in [0.4, 0.5) is 0 Å². The third-order valence-electron chi connectivity index (χ3n) is 4.88. The van der Waals surface area contributed by atoms with E-state index in [2.05, 4.69) is 25.6 Å². The maximum Gasteiger partial charge on any atom is 0.188 e. The van der Waals surface area contributed by atoms with Crippen LogP contribution < -0.4 is 5.32 Å². The number of hydrogen-bond acceptors (Lipinski definition) is 6. The van der Waals surface area contributed by atoms with Gasteiger partial charge >= 0.3 is 0 Å². The summed E-state index contributed by atoms with van der Waals surface area (Å²) >= 11 is 1.64. The molecule has 4 rings (SSSR count). The normalized spacial score (nSPS) is 19.7. The fourth-order valence-corrected chi connectivity index (χ4v) is 4.40. The molecule has 24 heavy (non-hydrogen) atoms. The number of piperidine rings is 1. The Balaban J connectivity index is 0.00000104. The summed E-state index contributed by atoms with van der Waals surface area (Å²) in [5.74, 6) is 0.731. The van der Waals surface area contributed by atoms with Crippen molar-refractivity contribution in [3.8, 4) is 10.8 Å². The van der Waals surface area contributed by atoms with E-state index < -0.39 is 0 Å². The Morgan fingerprint density at radius 3 is 2.62 bits per heavy atom. The van der Waals surface area contributed by atoms with Crippen LogP contribution in [0.1, 0.15) is 25.0 Å². The third-order valence-corrected chi connectivity index (χ3v) is 5.76. The van der Waals surface area contributed by atoms with Gasteiger partial charge in [-0.2, -0.15) is 0 Å². The van der Waals surface area contributed by atoms with Crippen LogP contribution in [0.25, 0.3) is 10.8 Å². The molecule has 2 fully saturated rings. The molecule has 0 saturated carbocycles. The molecular formula is C16H23Cl2N5S. The zero-order valence-corrected chi connectivity index (χ0v) is 15.9. The Labute approximate surface area is 159 Å². The van der Waals surface area contributed by atoms with E-state index in [0.29, 0.717) is 5.41 Å². The fraction of sp³-hybridized carbons (Fsp3) is 0.562. The first-order valence-electron chi connectivity index (χ1n) is 7.98. The van der Waals surface area contributed by atoms with Crippen LogP contribution in [-0.2, 0) is 6.54 Å². The van der Waals surface area contributed by atoms with Crippen LogP contribution >= 0.6 is 36.2 Å². The largest absolute Gasteiger partial charge is 0.317 e. The standard InChI is InChI=1S/C16H21N5S.2ClH/c1-5-18-14(19-6-1)15-20-13(11-22-15)10-21-9-4-16(12-21)2-7-17-8-3-16;;/h1,5-6,11,17H,2-4,7-10,12H2;2*1H. The van der Waals surface area contributed by atoms with E-state index in [9.17, 15) is 0 Å². The smallest absolute Gasteiger partial charge is 0.188 e. The lowest BCUT2D eigenvalue weighted by molar-refractivity contribution is 0.193. The minimum absolute atomic E-state index is 0. The molecule has 2 saturated heterocycles. The van der Waals surface area contributed by atoms with E-state index >= 15 is 0 Å². The summed E-state index contributed by atoms with van der Waals surface area (Å²) in [6.45, 7) is 5.75. The van der Waals surface area contributed by atoms with Gasteiger partial charge in [0.1, 0.15) is 0 Å². The van der Waals surface area contributed by atoms with Crippen LogP contribution in [0.3, 0.4) is 0 Å². The van der Waals surface area contributed by atoms with E-state index in [1.165, 1.54) is 45.4 Å². The molecule has 2 aliphatic heterocycles. The van der Waals surface area contributed by atoms with Crippen LogP contribution in [0.5, 0.6) is 0 Å². The average Bonchev–Trinajstić information content (AvgIpc) is 3.17. The second kappa shape index (κ2) is 8.54. The van der Waals surface area contributed by atoms with Gasteiger partial charge in [0.25, 0.3) is 0 Å².